The first-order valence-electron chi connectivity index (χ1n) is 16.8. The lowest BCUT2D eigenvalue weighted by atomic mass is 9.80. The average Bonchev–Trinajstić information content (AvgIpc) is 3.63. The number of nitrogens with zero attached hydrogens (tertiary/aromatic N) is 6. The van der Waals surface area contributed by atoms with Crippen LogP contribution in [-0.2, 0) is 24.9 Å². The molecule has 4 atom stereocenters. The Bertz CT molecular complexity index is 1590. The van der Waals surface area contributed by atoms with Crippen molar-refractivity contribution in [3.05, 3.63) is 57.1 Å². The number of alkyl halides is 1. The zero-order chi connectivity index (χ0) is 33.1. The van der Waals surface area contributed by atoms with E-state index in [4.69, 9.17) is 31.7 Å². The maximum absolute atomic E-state index is 15.5. The molecule has 1 unspecified atom stereocenters. The van der Waals surface area contributed by atoms with Crippen molar-refractivity contribution in [2.75, 3.05) is 65.4 Å². The molecule has 3 saturated heterocycles. The van der Waals surface area contributed by atoms with E-state index >= 15 is 4.39 Å². The first-order valence-corrected chi connectivity index (χ1v) is 17.2. The van der Waals surface area contributed by atoms with E-state index in [0.717, 1.165) is 79.1 Å². The molecule has 254 valence electrons. The molecule has 13 heteroatoms. The number of fused-ring (bicyclic) bond motifs is 4. The molecule has 0 saturated carbocycles. The maximum atomic E-state index is 15.5. The van der Waals surface area contributed by atoms with Gasteiger partial charge in [-0.25, -0.2) is 8.78 Å². The molecule has 10 nitrogen and oxygen atoms in total. The van der Waals surface area contributed by atoms with Gasteiger partial charge in [-0.05, 0) is 65.0 Å². The Balaban J connectivity index is 1.27. The molecule has 1 aliphatic carbocycles. The average molecular weight is 672 g/mol. The van der Waals surface area contributed by atoms with Crippen LogP contribution in [0.2, 0.25) is 0 Å². The number of nitrogens with two attached hydrogens (primary N) is 1. The Kier molecular flexibility index (Phi) is 8.80. The van der Waals surface area contributed by atoms with E-state index in [9.17, 15) is 9.50 Å². The standard InChI is InChI=1S/C34H45ClF2N8O2/c1-42(2)31(46)29(38)28(35)26-19-44(13-6-12-39-26)30-23-18-43(3)34(11-9-21-7-4-8-24(37)27(21)34)16-25(23)40-32(41-30)47-20-33-10-5-14-45(33)17-22(36)15-33/h4,7-8,22,31,38-39,46H,5-6,9-20H2,1-3H3/p+1/b28-26+,38-29?/t22-,31?,33+,34+/m1/s1. The molecule has 1 aromatic heterocycles. The van der Waals surface area contributed by atoms with Crippen LogP contribution in [0, 0.1) is 11.2 Å². The van der Waals surface area contributed by atoms with Gasteiger partial charge in [0.2, 0.25) is 0 Å². The predicted octanol–water partition coefficient (Wildman–Crippen LogP) is 2.52. The molecule has 5 aliphatic rings. The highest BCUT2D eigenvalue weighted by atomic mass is 35.5. The van der Waals surface area contributed by atoms with Gasteiger partial charge in [-0.1, -0.05) is 23.7 Å². The van der Waals surface area contributed by atoms with Crippen LogP contribution in [0.5, 0.6) is 6.01 Å². The van der Waals surface area contributed by atoms with Gasteiger partial charge in [0.1, 0.15) is 35.1 Å². The molecule has 0 amide bonds. The Labute approximate surface area is 280 Å². The second-order valence-electron chi connectivity index (χ2n) is 14.3. The van der Waals surface area contributed by atoms with Gasteiger partial charge in [0, 0.05) is 50.0 Å². The van der Waals surface area contributed by atoms with Crippen LogP contribution < -0.4 is 15.0 Å². The van der Waals surface area contributed by atoms with E-state index in [1.165, 1.54) is 0 Å². The highest BCUT2D eigenvalue weighted by Gasteiger charge is 2.50. The minimum absolute atomic E-state index is 0.0507. The van der Waals surface area contributed by atoms with E-state index < -0.39 is 17.9 Å². The van der Waals surface area contributed by atoms with Crippen LogP contribution in [0.1, 0.15) is 54.5 Å². The van der Waals surface area contributed by atoms with Crippen LogP contribution in [0.25, 0.3) is 0 Å². The summed E-state index contributed by atoms with van der Waals surface area (Å²) < 4.78 is 36.5. The van der Waals surface area contributed by atoms with Gasteiger partial charge in [0.15, 0.2) is 6.23 Å². The first kappa shape index (κ1) is 32.8. The summed E-state index contributed by atoms with van der Waals surface area (Å²) in [7, 11) is 5.46. The fraction of sp³-hybridized carbons (Fsp3) is 0.618. The molecule has 7 rings (SSSR count). The molecule has 47 heavy (non-hydrogen) atoms. The molecule has 4 N–H and O–H groups in total. The second kappa shape index (κ2) is 12.6. The van der Waals surface area contributed by atoms with E-state index in [0.29, 0.717) is 45.6 Å². The smallest absolute Gasteiger partial charge is 0.318 e. The third-order valence-electron chi connectivity index (χ3n) is 11.2. The number of anilines is 1. The molecule has 0 radical (unpaired) electrons. The van der Waals surface area contributed by atoms with Crippen LogP contribution in [-0.4, -0.2) is 114 Å². The number of rotatable bonds is 7. The normalized spacial score (nSPS) is 29.5. The fourth-order valence-corrected chi connectivity index (χ4v) is 8.93. The summed E-state index contributed by atoms with van der Waals surface area (Å²) in [5.74, 6) is 0.560. The summed E-state index contributed by atoms with van der Waals surface area (Å²) in [6.45, 7) is 4.03. The summed E-state index contributed by atoms with van der Waals surface area (Å²) in [5, 5.41) is 21.4. The number of aliphatic hydroxyl groups is 1. The Morgan fingerprint density at radius 2 is 2.06 bits per heavy atom. The van der Waals surface area contributed by atoms with Crippen molar-refractivity contribution in [1.29, 1.82) is 5.41 Å². The van der Waals surface area contributed by atoms with Crippen molar-refractivity contribution >= 4 is 23.1 Å². The number of hydrogen-bond donors (Lipinski definition) is 3. The summed E-state index contributed by atoms with van der Waals surface area (Å²) in [6.07, 6.45) is 3.33. The van der Waals surface area contributed by atoms with Crippen molar-refractivity contribution in [1.82, 2.24) is 24.7 Å². The quantitative estimate of drug-likeness (QED) is 0.305. The minimum atomic E-state index is -1.12. The van der Waals surface area contributed by atoms with Gasteiger partial charge < -0.3 is 20.1 Å². The lowest BCUT2D eigenvalue weighted by molar-refractivity contribution is -0.605. The van der Waals surface area contributed by atoms with Gasteiger partial charge in [0.25, 0.3) is 0 Å². The van der Waals surface area contributed by atoms with Gasteiger partial charge in [0.05, 0.1) is 35.6 Å². The van der Waals surface area contributed by atoms with E-state index in [-0.39, 0.29) is 28.1 Å². The van der Waals surface area contributed by atoms with E-state index in [1.807, 2.05) is 11.4 Å². The van der Waals surface area contributed by atoms with Crippen molar-refractivity contribution < 1.29 is 23.9 Å². The first-order chi connectivity index (χ1) is 22.5. The third-order valence-corrected chi connectivity index (χ3v) is 11.6. The van der Waals surface area contributed by atoms with Gasteiger partial charge in [-0.2, -0.15) is 9.97 Å². The summed E-state index contributed by atoms with van der Waals surface area (Å²) in [4.78, 5) is 18.3. The Morgan fingerprint density at radius 1 is 1.23 bits per heavy atom. The fourth-order valence-electron chi connectivity index (χ4n) is 8.69. The lowest BCUT2D eigenvalue weighted by Crippen LogP contribution is -2.83. The molecular formula is C34H46ClF2N8O2+. The highest BCUT2D eigenvalue weighted by Crippen LogP contribution is 2.49. The SMILES string of the molecule is CN(C)C(O)C(=N)/C(Cl)=C1/CN(c2nc(OC[C@@]34CCCN3C[C@H](F)C4)nc3c2CN(C)[C@@]2(CCc4cccc(F)c42)C3)CCC[NH2+]1. The molecular weight excluding hydrogens is 626 g/mol. The molecule has 4 aliphatic heterocycles. The van der Waals surface area contributed by atoms with Crippen LogP contribution >= 0.6 is 11.6 Å². The molecule has 0 bridgehead atoms. The van der Waals surface area contributed by atoms with Gasteiger partial charge in [-0.15, -0.1) is 0 Å². The number of benzene rings is 1. The molecule has 2 aromatic rings. The van der Waals surface area contributed by atoms with Crippen molar-refractivity contribution in [2.45, 2.75) is 75.0 Å². The van der Waals surface area contributed by atoms with E-state index in [2.05, 4.69) is 21.7 Å². The number of nitrogens with one attached hydrogen (secondary N) is 1. The Hall–Kier alpha value is -2.74. The molecule has 5 heterocycles. The topological polar surface area (TPSA) is 109 Å². The second-order valence-corrected chi connectivity index (χ2v) is 14.7. The zero-order valence-corrected chi connectivity index (χ0v) is 28.3. The van der Waals surface area contributed by atoms with Crippen LogP contribution in [0.4, 0.5) is 14.6 Å². The molecule has 1 spiro atoms. The largest absolute Gasteiger partial charge is 0.461 e. The van der Waals surface area contributed by atoms with E-state index in [1.54, 1.807) is 31.1 Å². The molecule has 1 aromatic carbocycles. The highest BCUT2D eigenvalue weighted by molar-refractivity contribution is 6.43. The zero-order valence-electron chi connectivity index (χ0n) is 27.5. The number of hydrogen-bond acceptors (Lipinski definition) is 9. The Morgan fingerprint density at radius 3 is 2.87 bits per heavy atom. The predicted molar refractivity (Wildman–Crippen MR) is 176 cm³/mol. The third kappa shape index (κ3) is 5.74. The lowest BCUT2D eigenvalue weighted by Gasteiger charge is -2.44. The number of aliphatic hydroxyl groups excluding tert-OH is 1. The summed E-state index contributed by atoms with van der Waals surface area (Å²) >= 11 is 6.78. The van der Waals surface area contributed by atoms with Crippen molar-refractivity contribution in [3.8, 4) is 6.01 Å². The number of quaternary nitrogens is 1. The van der Waals surface area contributed by atoms with Gasteiger partial charge >= 0.3 is 6.01 Å². The number of aromatic nitrogens is 2. The van der Waals surface area contributed by atoms with Crippen molar-refractivity contribution in [2.24, 2.45) is 0 Å². The number of ether oxygens (including phenoxy) is 1. The monoisotopic (exact) mass is 671 g/mol. The minimum Gasteiger partial charge on any atom is -0.461 e. The summed E-state index contributed by atoms with van der Waals surface area (Å²) in [6, 6.07) is 5.63. The van der Waals surface area contributed by atoms with Crippen LogP contribution in [0.3, 0.4) is 0 Å². The maximum Gasteiger partial charge on any atom is 0.318 e. The number of likely N-dealkylation sites (N-methyl/N-ethyl adjacent to an activating group) is 1. The number of halogens is 3. The van der Waals surface area contributed by atoms with Crippen LogP contribution in [0.15, 0.2) is 28.9 Å². The molecule has 3 fully saturated rings. The number of aryl methyl sites for hydroxylation is 1. The summed E-state index contributed by atoms with van der Waals surface area (Å²) in [5.41, 5.74) is 3.46. The van der Waals surface area contributed by atoms with Crippen molar-refractivity contribution in [3.63, 3.8) is 0 Å². The van der Waals surface area contributed by atoms with Gasteiger partial charge in [-0.3, -0.25) is 20.1 Å².